The number of aromatic nitrogens is 4. The van der Waals surface area contributed by atoms with Gasteiger partial charge in [0.25, 0.3) is 0 Å². The molecule has 3 heterocycles. The second-order valence-corrected chi connectivity index (χ2v) is 11.8. The van der Waals surface area contributed by atoms with Crippen LogP contribution < -0.4 is 10.6 Å². The molecule has 14 heteroatoms. The summed E-state index contributed by atoms with van der Waals surface area (Å²) in [5, 5.41) is 12.9. The number of nitrogens with two attached hydrogens (primary N) is 1. The quantitative estimate of drug-likeness (QED) is 0.509. The third kappa shape index (κ3) is 5.00. The van der Waals surface area contributed by atoms with Crippen molar-refractivity contribution in [3.05, 3.63) is 52.8 Å². The van der Waals surface area contributed by atoms with E-state index in [-0.39, 0.29) is 40.5 Å². The SMILES string of the molecule is CC(=O)N1CCC(n2nnc(-c3cc4c(cc3F)S(=O)(=O)C[C@H](N)C(=O)N4Cc3ccc(Cl)cc3)n2)CC1. The van der Waals surface area contributed by atoms with Gasteiger partial charge in [0.05, 0.1) is 40.5 Å². The van der Waals surface area contributed by atoms with Gasteiger partial charge in [-0.15, -0.1) is 10.2 Å². The van der Waals surface area contributed by atoms with Crippen LogP contribution in [-0.2, 0) is 26.0 Å². The van der Waals surface area contributed by atoms with E-state index in [0.29, 0.717) is 36.5 Å². The Bertz CT molecular complexity index is 1500. The van der Waals surface area contributed by atoms with Crippen molar-refractivity contribution in [2.75, 3.05) is 23.7 Å². The zero-order valence-corrected chi connectivity index (χ0v) is 22.0. The zero-order valence-electron chi connectivity index (χ0n) is 20.4. The van der Waals surface area contributed by atoms with Gasteiger partial charge in [-0.3, -0.25) is 9.59 Å². The molecule has 200 valence electrons. The molecule has 0 radical (unpaired) electrons. The minimum atomic E-state index is -4.08. The molecule has 1 aromatic heterocycles. The number of benzene rings is 2. The molecule has 0 saturated carbocycles. The molecule has 2 amide bonds. The van der Waals surface area contributed by atoms with Crippen molar-refractivity contribution in [2.24, 2.45) is 5.73 Å². The first-order chi connectivity index (χ1) is 18.0. The van der Waals surface area contributed by atoms with E-state index < -0.39 is 33.4 Å². The van der Waals surface area contributed by atoms with Crippen LogP contribution in [-0.4, -0.2) is 70.2 Å². The lowest BCUT2D eigenvalue weighted by Crippen LogP contribution is -2.45. The summed E-state index contributed by atoms with van der Waals surface area (Å²) in [6, 6.07) is 7.39. The van der Waals surface area contributed by atoms with Crippen LogP contribution in [0.15, 0.2) is 41.3 Å². The van der Waals surface area contributed by atoms with Crippen molar-refractivity contribution >= 4 is 38.9 Å². The Hall–Kier alpha value is -3.42. The number of halogens is 2. The average molecular weight is 562 g/mol. The number of piperidine rings is 1. The van der Waals surface area contributed by atoms with Crippen molar-refractivity contribution in [3.8, 4) is 11.4 Å². The summed E-state index contributed by atoms with van der Waals surface area (Å²) >= 11 is 5.98. The Morgan fingerprint density at radius 2 is 1.87 bits per heavy atom. The van der Waals surface area contributed by atoms with Crippen LogP contribution in [0.4, 0.5) is 10.1 Å². The molecule has 2 aliphatic heterocycles. The maximum Gasteiger partial charge on any atom is 0.245 e. The number of sulfone groups is 1. The molecule has 38 heavy (non-hydrogen) atoms. The average Bonchev–Trinajstić information content (AvgIpc) is 3.35. The molecule has 0 spiro atoms. The summed E-state index contributed by atoms with van der Waals surface area (Å²) in [5.41, 5.74) is 6.51. The molecule has 5 rings (SSSR count). The van der Waals surface area contributed by atoms with Gasteiger partial charge in [-0.05, 0) is 47.9 Å². The standard InChI is InChI=1S/C24H25ClFN7O4S/c1-14(34)31-8-6-17(7-9-31)33-29-23(28-30-33)18-10-21-22(11-19(18)26)38(36,37)13-20(27)24(35)32(21)12-15-2-4-16(25)5-3-15/h2-5,10-11,17,20H,6-9,12-13,27H2,1H3/t20-/m0/s1. The highest BCUT2D eigenvalue weighted by Crippen LogP contribution is 2.36. The lowest BCUT2D eigenvalue weighted by molar-refractivity contribution is -0.130. The first-order valence-corrected chi connectivity index (χ1v) is 14.0. The predicted octanol–water partition coefficient (Wildman–Crippen LogP) is 1.96. The number of rotatable bonds is 4. The van der Waals surface area contributed by atoms with E-state index in [0.717, 1.165) is 6.07 Å². The van der Waals surface area contributed by atoms with Gasteiger partial charge < -0.3 is 15.5 Å². The predicted molar refractivity (Wildman–Crippen MR) is 136 cm³/mol. The largest absolute Gasteiger partial charge is 0.343 e. The Balaban J connectivity index is 1.53. The van der Waals surface area contributed by atoms with Crippen LogP contribution >= 0.6 is 11.6 Å². The van der Waals surface area contributed by atoms with Gasteiger partial charge in [0.1, 0.15) is 5.82 Å². The molecule has 2 N–H and O–H groups in total. The van der Waals surface area contributed by atoms with E-state index in [9.17, 15) is 18.0 Å². The zero-order chi connectivity index (χ0) is 27.2. The van der Waals surface area contributed by atoms with E-state index in [1.54, 1.807) is 29.2 Å². The number of tetrazole rings is 1. The summed E-state index contributed by atoms with van der Waals surface area (Å²) < 4.78 is 41.5. The molecule has 1 atom stereocenters. The lowest BCUT2D eigenvalue weighted by atomic mass is 10.1. The summed E-state index contributed by atoms with van der Waals surface area (Å²) in [6.07, 6.45) is 1.23. The van der Waals surface area contributed by atoms with Gasteiger partial charge in [-0.2, -0.15) is 4.80 Å². The number of carbonyl (C=O) groups is 2. The van der Waals surface area contributed by atoms with Crippen molar-refractivity contribution in [1.82, 2.24) is 25.1 Å². The Kier molecular flexibility index (Phi) is 6.92. The molecule has 0 aliphatic carbocycles. The highest BCUT2D eigenvalue weighted by molar-refractivity contribution is 7.91. The molecule has 1 fully saturated rings. The fourth-order valence-electron chi connectivity index (χ4n) is 4.73. The third-order valence-corrected chi connectivity index (χ3v) is 8.86. The number of hydrogen-bond acceptors (Lipinski definition) is 8. The van der Waals surface area contributed by atoms with Crippen LogP contribution in [0.2, 0.25) is 5.02 Å². The normalized spacial score (nSPS) is 19.8. The molecule has 0 unspecified atom stereocenters. The summed E-state index contributed by atoms with van der Waals surface area (Å²) in [5.74, 6) is -2.19. The van der Waals surface area contributed by atoms with Gasteiger partial charge >= 0.3 is 0 Å². The molecule has 11 nitrogen and oxygen atoms in total. The summed E-state index contributed by atoms with van der Waals surface area (Å²) in [7, 11) is -4.08. The second-order valence-electron chi connectivity index (χ2n) is 9.41. The Morgan fingerprint density at radius 3 is 2.53 bits per heavy atom. The molecular weight excluding hydrogens is 537 g/mol. The van der Waals surface area contributed by atoms with Crippen LogP contribution in [0.25, 0.3) is 11.4 Å². The van der Waals surface area contributed by atoms with Gasteiger partial charge in [0, 0.05) is 25.0 Å². The van der Waals surface area contributed by atoms with Gasteiger partial charge in [-0.1, -0.05) is 23.7 Å². The minimum Gasteiger partial charge on any atom is -0.343 e. The van der Waals surface area contributed by atoms with E-state index in [2.05, 4.69) is 15.4 Å². The van der Waals surface area contributed by atoms with E-state index in [4.69, 9.17) is 17.3 Å². The Morgan fingerprint density at radius 1 is 1.18 bits per heavy atom. The summed E-state index contributed by atoms with van der Waals surface area (Å²) in [4.78, 5) is 28.9. The number of fused-ring (bicyclic) bond motifs is 1. The number of anilines is 1. The van der Waals surface area contributed by atoms with Gasteiger partial charge in [0.2, 0.25) is 17.6 Å². The smallest absolute Gasteiger partial charge is 0.245 e. The first kappa shape index (κ1) is 26.2. The van der Waals surface area contributed by atoms with E-state index >= 15 is 4.39 Å². The lowest BCUT2D eigenvalue weighted by Gasteiger charge is -2.30. The molecule has 2 aliphatic rings. The monoisotopic (exact) mass is 561 g/mol. The number of nitrogens with zero attached hydrogens (tertiary/aromatic N) is 6. The maximum absolute atomic E-state index is 15.3. The summed E-state index contributed by atoms with van der Waals surface area (Å²) in [6.45, 7) is 2.60. The molecule has 2 aromatic carbocycles. The van der Waals surface area contributed by atoms with Crippen molar-refractivity contribution in [1.29, 1.82) is 0 Å². The van der Waals surface area contributed by atoms with Crippen LogP contribution in [0, 0.1) is 5.82 Å². The third-order valence-electron chi connectivity index (χ3n) is 6.82. The first-order valence-electron chi connectivity index (χ1n) is 12.0. The number of likely N-dealkylation sites (tertiary alicyclic amines) is 1. The van der Waals surface area contributed by atoms with Gasteiger partial charge in [-0.25, -0.2) is 12.8 Å². The highest BCUT2D eigenvalue weighted by Gasteiger charge is 2.37. The van der Waals surface area contributed by atoms with Crippen LogP contribution in [0.3, 0.4) is 0 Å². The minimum absolute atomic E-state index is 0.00453. The van der Waals surface area contributed by atoms with Crippen molar-refractivity contribution in [3.63, 3.8) is 0 Å². The number of amides is 2. The second kappa shape index (κ2) is 10.0. The fourth-order valence-corrected chi connectivity index (χ4v) is 6.42. The number of carbonyl (C=O) groups excluding carboxylic acids is 2. The molecule has 1 saturated heterocycles. The molecule has 0 bridgehead atoms. The van der Waals surface area contributed by atoms with Crippen LogP contribution in [0.5, 0.6) is 0 Å². The fraction of sp³-hybridized carbons (Fsp3) is 0.375. The topological polar surface area (TPSA) is 144 Å². The van der Waals surface area contributed by atoms with E-state index in [1.807, 2.05) is 0 Å². The highest BCUT2D eigenvalue weighted by atomic mass is 35.5. The molecular formula is C24H25ClFN7O4S. The maximum atomic E-state index is 15.3. The molecule has 3 aromatic rings. The van der Waals surface area contributed by atoms with Crippen LogP contribution in [0.1, 0.15) is 31.4 Å². The number of hydrogen-bond donors (Lipinski definition) is 1. The van der Waals surface area contributed by atoms with Gasteiger partial charge in [0.15, 0.2) is 9.84 Å². The van der Waals surface area contributed by atoms with E-state index in [1.165, 1.54) is 22.7 Å². The van der Waals surface area contributed by atoms with Crippen molar-refractivity contribution in [2.45, 2.75) is 43.3 Å². The van der Waals surface area contributed by atoms with Crippen molar-refractivity contribution < 1.29 is 22.4 Å². The Labute approximate surface area is 223 Å².